The molecule has 1 aliphatic carbocycles. The highest BCUT2D eigenvalue weighted by molar-refractivity contribution is 4.89. The normalized spacial score (nSPS) is 35.1. The molecule has 3 aliphatic rings. The van der Waals surface area contributed by atoms with Crippen LogP contribution in [0.2, 0.25) is 0 Å². The molecule has 2 saturated heterocycles. The van der Waals surface area contributed by atoms with Gasteiger partial charge in [-0.15, -0.1) is 0 Å². The molecule has 3 atom stereocenters. The van der Waals surface area contributed by atoms with Gasteiger partial charge >= 0.3 is 0 Å². The molecule has 3 nitrogen and oxygen atoms in total. The number of β-amino-alcohol motifs (C(OH)–C–C–N with tert-alkyl or cyclic N) is 1. The lowest BCUT2D eigenvalue weighted by molar-refractivity contribution is 0.0133. The van der Waals surface area contributed by atoms with Gasteiger partial charge in [0.25, 0.3) is 0 Å². The van der Waals surface area contributed by atoms with Crippen molar-refractivity contribution in [1.82, 2.24) is 9.80 Å². The number of fused-ring (bicyclic) bond motifs is 1. The third-order valence-electron chi connectivity index (χ3n) is 5.98. The maximum absolute atomic E-state index is 10.4. The van der Waals surface area contributed by atoms with E-state index < -0.39 is 0 Å². The topological polar surface area (TPSA) is 26.7 Å². The fourth-order valence-electron chi connectivity index (χ4n) is 4.90. The van der Waals surface area contributed by atoms with Crippen LogP contribution in [-0.4, -0.2) is 60.3 Å². The number of aliphatic hydroxyl groups excluding tert-OH is 1. The summed E-state index contributed by atoms with van der Waals surface area (Å²) in [5.74, 6) is 1.66. The second-order valence-corrected chi connectivity index (χ2v) is 7.54. The molecule has 0 aromatic heterocycles. The highest BCUT2D eigenvalue weighted by atomic mass is 16.3. The molecule has 0 aromatic carbocycles. The van der Waals surface area contributed by atoms with Gasteiger partial charge in [-0.05, 0) is 57.7 Å². The molecule has 3 fully saturated rings. The van der Waals surface area contributed by atoms with Crippen LogP contribution in [0.4, 0.5) is 0 Å². The lowest BCUT2D eigenvalue weighted by Gasteiger charge is -2.46. The number of likely N-dealkylation sites (tertiary alicyclic amines) is 2. The van der Waals surface area contributed by atoms with Crippen molar-refractivity contribution in [3.05, 3.63) is 0 Å². The number of rotatable bonds is 4. The Bertz CT molecular complexity index is 303. The minimum absolute atomic E-state index is 0.0871. The fourth-order valence-corrected chi connectivity index (χ4v) is 4.90. The third-order valence-corrected chi connectivity index (χ3v) is 5.98. The van der Waals surface area contributed by atoms with Gasteiger partial charge in [0.2, 0.25) is 0 Å². The Labute approximate surface area is 124 Å². The van der Waals surface area contributed by atoms with E-state index >= 15 is 0 Å². The summed E-state index contributed by atoms with van der Waals surface area (Å²) >= 11 is 0. The molecule has 2 aliphatic heterocycles. The van der Waals surface area contributed by atoms with Gasteiger partial charge in [-0.3, -0.25) is 0 Å². The molecule has 1 saturated carbocycles. The van der Waals surface area contributed by atoms with E-state index in [1.165, 1.54) is 64.6 Å². The molecule has 0 bridgehead atoms. The average Bonchev–Trinajstić information content (AvgIpc) is 2.91. The third kappa shape index (κ3) is 3.55. The second kappa shape index (κ2) is 6.76. The summed E-state index contributed by atoms with van der Waals surface area (Å²) in [6.07, 6.45) is 10.5. The molecule has 0 aromatic rings. The van der Waals surface area contributed by atoms with Gasteiger partial charge in [0.05, 0.1) is 6.10 Å². The van der Waals surface area contributed by atoms with Crippen molar-refractivity contribution >= 4 is 0 Å². The Morgan fingerprint density at radius 1 is 1.05 bits per heavy atom. The smallest absolute Gasteiger partial charge is 0.0669 e. The summed E-state index contributed by atoms with van der Waals surface area (Å²) in [6.45, 7) is 4.61. The van der Waals surface area contributed by atoms with Gasteiger partial charge in [0.15, 0.2) is 0 Å². The largest absolute Gasteiger partial charge is 0.392 e. The minimum atomic E-state index is -0.0871. The Morgan fingerprint density at radius 2 is 1.85 bits per heavy atom. The van der Waals surface area contributed by atoms with Crippen LogP contribution in [0, 0.1) is 11.8 Å². The Kier molecular flexibility index (Phi) is 5.00. The Hall–Kier alpha value is -0.120. The van der Waals surface area contributed by atoms with Crippen LogP contribution in [0.15, 0.2) is 0 Å². The van der Waals surface area contributed by atoms with Gasteiger partial charge in [0.1, 0.15) is 0 Å². The van der Waals surface area contributed by atoms with Crippen molar-refractivity contribution in [1.29, 1.82) is 0 Å². The number of nitrogens with zero attached hydrogens (tertiary/aromatic N) is 2. The van der Waals surface area contributed by atoms with Crippen LogP contribution in [0.5, 0.6) is 0 Å². The first-order chi connectivity index (χ1) is 9.72. The van der Waals surface area contributed by atoms with E-state index in [2.05, 4.69) is 16.8 Å². The fraction of sp³-hybridized carbons (Fsp3) is 1.00. The van der Waals surface area contributed by atoms with Crippen LogP contribution in [-0.2, 0) is 0 Å². The van der Waals surface area contributed by atoms with Crippen molar-refractivity contribution < 1.29 is 5.11 Å². The van der Waals surface area contributed by atoms with E-state index in [1.807, 2.05) is 0 Å². The van der Waals surface area contributed by atoms with Gasteiger partial charge in [0, 0.05) is 19.1 Å². The number of hydrogen-bond donors (Lipinski definition) is 1. The van der Waals surface area contributed by atoms with Crippen molar-refractivity contribution in [2.24, 2.45) is 11.8 Å². The minimum Gasteiger partial charge on any atom is -0.392 e. The van der Waals surface area contributed by atoms with E-state index in [0.717, 1.165) is 30.8 Å². The highest BCUT2D eigenvalue weighted by Gasteiger charge is 2.34. The summed E-state index contributed by atoms with van der Waals surface area (Å²) in [7, 11) is 2.29. The predicted molar refractivity (Wildman–Crippen MR) is 82.8 cm³/mol. The van der Waals surface area contributed by atoms with E-state index in [0.29, 0.717) is 0 Å². The molecule has 0 radical (unpaired) electrons. The predicted octanol–water partition coefficient (Wildman–Crippen LogP) is 2.34. The molecule has 3 rings (SSSR count). The zero-order valence-corrected chi connectivity index (χ0v) is 13.1. The van der Waals surface area contributed by atoms with Gasteiger partial charge in [-0.2, -0.15) is 0 Å². The first-order valence-electron chi connectivity index (χ1n) is 8.83. The summed E-state index contributed by atoms with van der Waals surface area (Å²) in [4.78, 5) is 5.11. The van der Waals surface area contributed by atoms with Gasteiger partial charge in [-0.25, -0.2) is 0 Å². The highest BCUT2D eigenvalue weighted by Crippen LogP contribution is 2.31. The molecule has 0 amide bonds. The molecule has 1 N–H and O–H groups in total. The number of aliphatic hydroxyl groups is 1. The van der Waals surface area contributed by atoms with E-state index in [9.17, 15) is 5.11 Å². The van der Waals surface area contributed by atoms with Crippen molar-refractivity contribution in [3.63, 3.8) is 0 Å². The van der Waals surface area contributed by atoms with Crippen LogP contribution in [0.25, 0.3) is 0 Å². The zero-order chi connectivity index (χ0) is 13.9. The molecule has 3 heteroatoms. The summed E-state index contributed by atoms with van der Waals surface area (Å²) < 4.78 is 0. The quantitative estimate of drug-likeness (QED) is 0.856. The van der Waals surface area contributed by atoms with Crippen molar-refractivity contribution in [3.8, 4) is 0 Å². The molecular formula is C17H32N2O. The molecule has 3 unspecified atom stereocenters. The van der Waals surface area contributed by atoms with E-state index in [-0.39, 0.29) is 6.10 Å². The SMILES string of the molecule is CN1CCCC2CN(CC(O)CC3CCCC3)CCC21. The monoisotopic (exact) mass is 280 g/mol. The van der Waals surface area contributed by atoms with E-state index in [4.69, 9.17) is 0 Å². The van der Waals surface area contributed by atoms with Crippen LogP contribution in [0.3, 0.4) is 0 Å². The second-order valence-electron chi connectivity index (χ2n) is 7.54. The zero-order valence-electron chi connectivity index (χ0n) is 13.1. The van der Waals surface area contributed by atoms with E-state index in [1.54, 1.807) is 0 Å². The number of hydrogen-bond acceptors (Lipinski definition) is 3. The van der Waals surface area contributed by atoms with Gasteiger partial charge < -0.3 is 14.9 Å². The molecule has 2 heterocycles. The first-order valence-corrected chi connectivity index (χ1v) is 8.83. The number of piperidine rings is 2. The maximum Gasteiger partial charge on any atom is 0.0669 e. The molecule has 0 spiro atoms. The van der Waals surface area contributed by atoms with Gasteiger partial charge in [-0.1, -0.05) is 25.7 Å². The van der Waals surface area contributed by atoms with Crippen LogP contribution in [0.1, 0.15) is 51.4 Å². The lowest BCUT2D eigenvalue weighted by Crippen LogP contribution is -2.53. The summed E-state index contributed by atoms with van der Waals surface area (Å²) in [5, 5.41) is 10.4. The molecule has 116 valence electrons. The Balaban J connectivity index is 1.44. The Morgan fingerprint density at radius 3 is 2.65 bits per heavy atom. The summed E-state index contributed by atoms with van der Waals surface area (Å²) in [5.41, 5.74) is 0. The van der Waals surface area contributed by atoms with Crippen LogP contribution < -0.4 is 0 Å². The maximum atomic E-state index is 10.4. The molecule has 20 heavy (non-hydrogen) atoms. The standard InChI is InChI=1S/C17H32N2O/c1-18-9-4-7-15-12-19(10-8-17(15)18)13-16(20)11-14-5-2-3-6-14/h14-17,20H,2-13H2,1H3. The molecular weight excluding hydrogens is 248 g/mol. The van der Waals surface area contributed by atoms with Crippen LogP contribution >= 0.6 is 0 Å². The average molecular weight is 280 g/mol. The summed E-state index contributed by atoms with van der Waals surface area (Å²) in [6, 6.07) is 0.812. The van der Waals surface area contributed by atoms with Crippen molar-refractivity contribution in [2.45, 2.75) is 63.5 Å². The first kappa shape index (κ1) is 14.8. The van der Waals surface area contributed by atoms with Crippen molar-refractivity contribution in [2.75, 3.05) is 33.2 Å². The lowest BCUT2D eigenvalue weighted by atomic mass is 9.84.